The van der Waals surface area contributed by atoms with Crippen LogP contribution in [0.5, 0.6) is 0 Å². The van der Waals surface area contributed by atoms with Crippen molar-refractivity contribution < 1.29 is 5.02 Å². The number of nitrogens with zero attached hydrogens (tertiary/aromatic N) is 10. The highest BCUT2D eigenvalue weighted by atomic mass is 35.5. The van der Waals surface area contributed by atoms with Crippen molar-refractivity contribution >= 4 is 41.9 Å². The van der Waals surface area contributed by atoms with Gasteiger partial charge in [0.05, 0.1) is 23.5 Å². The van der Waals surface area contributed by atoms with E-state index in [4.69, 9.17) is 21.6 Å². The molecule has 0 spiro atoms. The molecule has 11 nitrogen and oxygen atoms in total. The van der Waals surface area contributed by atoms with E-state index in [9.17, 15) is 5.02 Å². The van der Waals surface area contributed by atoms with Gasteiger partial charge in [-0.15, -0.1) is 0 Å². The van der Waals surface area contributed by atoms with Gasteiger partial charge >= 0.3 is 7.05 Å². The van der Waals surface area contributed by atoms with Gasteiger partial charge in [0.25, 0.3) is 0 Å². The Hall–Kier alpha value is -5.21. The van der Waals surface area contributed by atoms with Crippen molar-refractivity contribution in [2.75, 3.05) is 59.4 Å². The third-order valence-corrected chi connectivity index (χ3v) is 13.3. The number of likely N-dealkylation sites (N-methyl/N-ethyl adjacent to an activating group) is 1. The zero-order valence-electron chi connectivity index (χ0n) is 36.5. The Balaban J connectivity index is 0.000000158. The minimum absolute atomic E-state index is 0.0345. The van der Waals surface area contributed by atoms with E-state index in [1.807, 2.05) is 56.9 Å². The number of fused-ring (bicyclic) bond motifs is 4. The molecule has 0 bridgehead atoms. The minimum Gasteiger partial charge on any atom is -0.437 e. The SMILES string of the molecule is CB(O)N1CCN(C2c3ccc(Cl)cc3C(Cn3ccnc3C)=Cc3cccnc32)CC1.Cc1ccc2c(c1)C(Cn1ccnc1C)=Cc1cccnc1C2N1CCN(C)CC1. The third kappa shape index (κ3) is 8.73. The zero-order chi connectivity index (χ0) is 42.9. The summed E-state index contributed by atoms with van der Waals surface area (Å²) in [5.41, 5.74) is 13.5. The first-order valence-corrected chi connectivity index (χ1v) is 22.2. The van der Waals surface area contributed by atoms with E-state index in [1.54, 1.807) is 0 Å². The Bertz CT molecular complexity index is 2600. The van der Waals surface area contributed by atoms with Crippen LogP contribution in [0.3, 0.4) is 0 Å². The van der Waals surface area contributed by atoms with Gasteiger partial charge in [-0.3, -0.25) is 19.8 Å². The van der Waals surface area contributed by atoms with Gasteiger partial charge in [0.2, 0.25) is 0 Å². The topological polar surface area (TPSA) is 94.6 Å². The summed E-state index contributed by atoms with van der Waals surface area (Å²) in [6.45, 7) is 17.3. The molecule has 6 heterocycles. The van der Waals surface area contributed by atoms with Crippen molar-refractivity contribution in [3.63, 3.8) is 0 Å². The van der Waals surface area contributed by atoms with Crippen LogP contribution in [0, 0.1) is 20.8 Å². The van der Waals surface area contributed by atoms with E-state index in [0.29, 0.717) is 0 Å². The molecule has 13 heteroatoms. The monoisotopic (exact) mass is 846 g/mol. The molecule has 2 aliphatic carbocycles. The number of hydrogen-bond donors (Lipinski definition) is 1. The van der Waals surface area contributed by atoms with Crippen LogP contribution in [0.4, 0.5) is 0 Å². The number of piperazine rings is 2. The van der Waals surface area contributed by atoms with Gasteiger partial charge in [-0.2, -0.15) is 0 Å². The van der Waals surface area contributed by atoms with Crippen LogP contribution >= 0.6 is 11.6 Å². The lowest BCUT2D eigenvalue weighted by atomic mass is 9.84. The van der Waals surface area contributed by atoms with Crippen LogP contribution in [0.25, 0.3) is 23.3 Å². The number of imidazole rings is 2. The lowest BCUT2D eigenvalue weighted by Crippen LogP contribution is -2.52. The molecule has 2 aromatic carbocycles. The molecule has 4 aliphatic rings. The van der Waals surface area contributed by atoms with Crippen molar-refractivity contribution in [1.29, 1.82) is 0 Å². The van der Waals surface area contributed by atoms with E-state index in [1.165, 1.54) is 44.7 Å². The quantitative estimate of drug-likeness (QED) is 0.165. The number of aryl methyl sites for hydroxylation is 3. The number of benzene rings is 2. The normalized spacial score (nSPS) is 19.4. The van der Waals surface area contributed by atoms with Gasteiger partial charge in [-0.1, -0.05) is 53.6 Å². The first kappa shape index (κ1) is 42.1. The first-order valence-electron chi connectivity index (χ1n) is 21.9. The van der Waals surface area contributed by atoms with E-state index in [2.05, 4.69) is 126 Å². The molecule has 0 saturated carbocycles. The second-order valence-corrected chi connectivity index (χ2v) is 17.6. The van der Waals surface area contributed by atoms with Crippen molar-refractivity contribution in [3.05, 3.63) is 165 Å². The third-order valence-electron chi connectivity index (χ3n) is 13.1. The van der Waals surface area contributed by atoms with Crippen molar-refractivity contribution in [1.82, 2.24) is 48.6 Å². The second kappa shape index (κ2) is 18.3. The van der Waals surface area contributed by atoms with Crippen LogP contribution in [0.2, 0.25) is 11.8 Å². The summed E-state index contributed by atoms with van der Waals surface area (Å²) in [5.74, 6) is 2.02. The van der Waals surface area contributed by atoms with Gasteiger partial charge in [0, 0.05) is 108 Å². The first-order chi connectivity index (χ1) is 30.1. The second-order valence-electron chi connectivity index (χ2n) is 17.2. The highest BCUT2D eigenvalue weighted by Crippen LogP contribution is 2.42. The van der Waals surface area contributed by atoms with Crippen LogP contribution in [0.1, 0.15) is 74.1 Å². The Morgan fingerprint density at radius 2 is 1.13 bits per heavy atom. The predicted molar refractivity (Wildman–Crippen MR) is 251 cm³/mol. The molecule has 4 aromatic heterocycles. The number of allylic oxidation sites excluding steroid dienone is 2. The average Bonchev–Trinajstić information content (AvgIpc) is 3.81. The smallest absolute Gasteiger partial charge is 0.376 e. The maximum absolute atomic E-state index is 10.0. The van der Waals surface area contributed by atoms with Crippen molar-refractivity contribution in [2.24, 2.45) is 0 Å². The molecular weight excluding hydrogens is 791 g/mol. The Labute approximate surface area is 371 Å². The van der Waals surface area contributed by atoms with Crippen molar-refractivity contribution in [3.8, 4) is 0 Å². The lowest BCUT2D eigenvalue weighted by Gasteiger charge is -2.40. The van der Waals surface area contributed by atoms with Crippen LogP contribution in [0.15, 0.2) is 97.8 Å². The standard InChI is InChI=1S/C25H29N5.C24H27BClN5O/c1-18-6-7-22-23(15-18)21(17-30-10-9-26-19(30)2)16-20-5-4-8-27-24(20)25(22)29-13-11-28(3)12-14-29;1-17-27-8-9-30(17)16-19-14-18-4-3-7-28-23(18)24(21-6-5-20(26)15-22(19)21)29-10-12-31(13-11-29)25(2)32/h4-10,15-16,25H,11-14,17H2,1-3H3;3-9,14-15,24,32H,10-13,16H2,1-2H3. The molecule has 2 fully saturated rings. The molecule has 6 aromatic rings. The fourth-order valence-electron chi connectivity index (χ4n) is 9.58. The Morgan fingerprint density at radius 1 is 0.629 bits per heavy atom. The number of halogens is 1. The average molecular weight is 847 g/mol. The van der Waals surface area contributed by atoms with Crippen molar-refractivity contribution in [2.45, 2.75) is 52.8 Å². The molecule has 2 saturated heterocycles. The van der Waals surface area contributed by atoms with Gasteiger partial charge in [-0.05, 0) is 116 Å². The van der Waals surface area contributed by atoms with Gasteiger partial charge in [-0.25, -0.2) is 9.97 Å². The molecule has 2 aliphatic heterocycles. The molecule has 0 radical (unpaired) electrons. The Kier molecular flexibility index (Phi) is 12.4. The summed E-state index contributed by atoms with van der Waals surface area (Å²) in [5, 5.41) is 10.7. The van der Waals surface area contributed by atoms with Crippen LogP contribution in [-0.2, 0) is 13.1 Å². The summed E-state index contributed by atoms with van der Waals surface area (Å²) >= 11 is 6.50. The molecule has 62 heavy (non-hydrogen) atoms. The molecular formula is C49H56BClN10O. The maximum Gasteiger partial charge on any atom is 0.376 e. The van der Waals surface area contributed by atoms with Gasteiger partial charge in [0.1, 0.15) is 11.6 Å². The maximum atomic E-state index is 10.0. The fourth-order valence-corrected chi connectivity index (χ4v) is 9.75. The predicted octanol–water partition coefficient (Wildman–Crippen LogP) is 7.40. The molecule has 318 valence electrons. The van der Waals surface area contributed by atoms with E-state index in [-0.39, 0.29) is 12.1 Å². The van der Waals surface area contributed by atoms with E-state index in [0.717, 1.165) is 98.9 Å². The lowest BCUT2D eigenvalue weighted by molar-refractivity contribution is 0.125. The van der Waals surface area contributed by atoms with Crippen LogP contribution in [-0.4, -0.2) is 120 Å². The molecule has 10 rings (SSSR count). The largest absolute Gasteiger partial charge is 0.437 e. The summed E-state index contributed by atoms with van der Waals surface area (Å²) in [4.78, 5) is 28.2. The number of pyridine rings is 2. The number of rotatable bonds is 7. The van der Waals surface area contributed by atoms with Crippen LogP contribution < -0.4 is 0 Å². The zero-order valence-corrected chi connectivity index (χ0v) is 37.2. The highest BCUT2D eigenvalue weighted by Gasteiger charge is 2.35. The highest BCUT2D eigenvalue weighted by molar-refractivity contribution is 6.45. The molecule has 0 amide bonds. The Morgan fingerprint density at radius 3 is 1.63 bits per heavy atom. The number of hydrogen-bond acceptors (Lipinski definition) is 9. The summed E-state index contributed by atoms with van der Waals surface area (Å²) < 4.78 is 4.39. The van der Waals surface area contributed by atoms with Gasteiger partial charge in [0.15, 0.2) is 0 Å². The minimum atomic E-state index is -0.422. The van der Waals surface area contributed by atoms with Gasteiger partial charge < -0.3 is 23.9 Å². The van der Waals surface area contributed by atoms with E-state index < -0.39 is 7.05 Å². The summed E-state index contributed by atoms with van der Waals surface area (Å²) in [6.07, 6.45) is 16.2. The molecule has 2 unspecified atom stereocenters. The molecule has 2 atom stereocenters. The van der Waals surface area contributed by atoms with E-state index >= 15 is 0 Å². The molecule has 1 N–H and O–H groups in total. The number of aromatic nitrogens is 6. The summed E-state index contributed by atoms with van der Waals surface area (Å²) in [6, 6.07) is 21.8. The fraction of sp³-hybridized carbons (Fsp3) is 0.347. The summed E-state index contributed by atoms with van der Waals surface area (Å²) in [7, 11) is 1.79.